The SMILES string of the molecule is O[C@@H]1Cc2ccccc2[C@@H]1Nc1nc(-c2cccnc2)nc2ccccc12. The fraction of sp³-hybridized carbons (Fsp3) is 0.136. The van der Waals surface area contributed by atoms with Crippen LogP contribution in [0.2, 0.25) is 0 Å². The van der Waals surface area contributed by atoms with Crippen molar-refractivity contribution in [3.63, 3.8) is 0 Å². The van der Waals surface area contributed by atoms with E-state index in [-0.39, 0.29) is 6.04 Å². The highest BCUT2D eigenvalue weighted by Gasteiger charge is 2.31. The van der Waals surface area contributed by atoms with E-state index in [1.165, 1.54) is 5.56 Å². The van der Waals surface area contributed by atoms with Crippen LogP contribution in [0.15, 0.2) is 73.1 Å². The zero-order valence-corrected chi connectivity index (χ0v) is 14.6. The molecule has 5 heteroatoms. The molecule has 0 amide bonds. The third-order valence-electron chi connectivity index (χ3n) is 5.02. The number of benzene rings is 2. The number of rotatable bonds is 3. The Balaban J connectivity index is 1.62. The van der Waals surface area contributed by atoms with E-state index in [0.29, 0.717) is 12.2 Å². The molecule has 5 rings (SSSR count). The van der Waals surface area contributed by atoms with Gasteiger partial charge < -0.3 is 10.4 Å². The van der Waals surface area contributed by atoms with Gasteiger partial charge >= 0.3 is 0 Å². The molecule has 2 atom stereocenters. The summed E-state index contributed by atoms with van der Waals surface area (Å²) >= 11 is 0. The van der Waals surface area contributed by atoms with Crippen LogP contribution in [0.5, 0.6) is 0 Å². The van der Waals surface area contributed by atoms with E-state index in [9.17, 15) is 5.11 Å². The quantitative estimate of drug-likeness (QED) is 0.586. The van der Waals surface area contributed by atoms with Crippen LogP contribution < -0.4 is 5.32 Å². The number of hydrogen-bond donors (Lipinski definition) is 2. The predicted molar refractivity (Wildman–Crippen MR) is 105 cm³/mol. The van der Waals surface area contributed by atoms with E-state index in [2.05, 4.69) is 22.4 Å². The standard InChI is InChI=1S/C22H18N4O/c27-19-12-14-6-1-2-8-16(14)20(19)25-22-17-9-3-4-10-18(17)24-21(26-22)15-7-5-11-23-13-15/h1-11,13,19-20,27H,12H2,(H,24,25,26)/t19-,20+/m1/s1. The summed E-state index contributed by atoms with van der Waals surface area (Å²) in [5, 5.41) is 15.0. The van der Waals surface area contributed by atoms with Crippen molar-refractivity contribution in [2.24, 2.45) is 0 Å². The molecule has 0 bridgehead atoms. The van der Waals surface area contributed by atoms with Gasteiger partial charge in [-0.05, 0) is 35.4 Å². The Morgan fingerprint density at radius 1 is 0.926 bits per heavy atom. The van der Waals surface area contributed by atoms with Crippen LogP contribution in [0.1, 0.15) is 17.2 Å². The summed E-state index contributed by atoms with van der Waals surface area (Å²) in [5.74, 6) is 1.34. The Labute approximate surface area is 156 Å². The first-order chi connectivity index (χ1) is 13.3. The molecule has 0 saturated heterocycles. The van der Waals surface area contributed by atoms with Gasteiger partial charge in [-0.1, -0.05) is 36.4 Å². The minimum absolute atomic E-state index is 0.193. The molecule has 1 aliphatic carbocycles. The number of aromatic nitrogens is 3. The Bertz CT molecular complexity index is 1110. The molecule has 27 heavy (non-hydrogen) atoms. The van der Waals surface area contributed by atoms with Crippen molar-refractivity contribution in [2.45, 2.75) is 18.6 Å². The van der Waals surface area contributed by atoms with Crippen LogP contribution >= 0.6 is 0 Å². The minimum Gasteiger partial charge on any atom is -0.390 e. The molecule has 2 heterocycles. The molecule has 0 fully saturated rings. The molecule has 0 radical (unpaired) electrons. The van der Waals surface area contributed by atoms with Gasteiger partial charge in [0.05, 0.1) is 17.7 Å². The lowest BCUT2D eigenvalue weighted by Crippen LogP contribution is -2.22. The Morgan fingerprint density at radius 3 is 2.67 bits per heavy atom. The Morgan fingerprint density at radius 2 is 1.78 bits per heavy atom. The van der Waals surface area contributed by atoms with E-state index < -0.39 is 6.10 Å². The lowest BCUT2D eigenvalue weighted by Gasteiger charge is -2.20. The summed E-state index contributed by atoms with van der Waals surface area (Å²) in [5.41, 5.74) is 4.01. The molecular weight excluding hydrogens is 336 g/mol. The van der Waals surface area contributed by atoms with E-state index >= 15 is 0 Å². The van der Waals surface area contributed by atoms with Crippen molar-refractivity contribution in [3.05, 3.63) is 84.2 Å². The maximum Gasteiger partial charge on any atom is 0.163 e. The summed E-state index contributed by atoms with van der Waals surface area (Å²) < 4.78 is 0. The molecule has 2 N–H and O–H groups in total. The van der Waals surface area contributed by atoms with Crippen molar-refractivity contribution < 1.29 is 5.11 Å². The van der Waals surface area contributed by atoms with Crippen LogP contribution in [0.4, 0.5) is 5.82 Å². The smallest absolute Gasteiger partial charge is 0.163 e. The summed E-state index contributed by atoms with van der Waals surface area (Å²) in [6, 6.07) is 19.7. The number of hydrogen-bond acceptors (Lipinski definition) is 5. The van der Waals surface area contributed by atoms with Gasteiger partial charge in [0.25, 0.3) is 0 Å². The number of pyridine rings is 1. The molecule has 0 spiro atoms. The second-order valence-electron chi connectivity index (χ2n) is 6.75. The number of aliphatic hydroxyl groups excluding tert-OH is 1. The normalized spacial score (nSPS) is 18.4. The average molecular weight is 354 g/mol. The van der Waals surface area contributed by atoms with Gasteiger partial charge in [0.15, 0.2) is 5.82 Å². The molecule has 4 aromatic rings. The largest absolute Gasteiger partial charge is 0.390 e. The summed E-state index contributed by atoms with van der Waals surface area (Å²) in [7, 11) is 0. The molecule has 5 nitrogen and oxygen atoms in total. The maximum absolute atomic E-state index is 10.6. The van der Waals surface area contributed by atoms with E-state index in [4.69, 9.17) is 9.97 Å². The second kappa shape index (κ2) is 6.45. The van der Waals surface area contributed by atoms with Gasteiger partial charge in [-0.15, -0.1) is 0 Å². The van der Waals surface area contributed by atoms with Crippen LogP contribution in [-0.2, 0) is 6.42 Å². The monoisotopic (exact) mass is 354 g/mol. The summed E-state index contributed by atoms with van der Waals surface area (Å²) in [6.45, 7) is 0. The van der Waals surface area contributed by atoms with Crippen molar-refractivity contribution in [1.29, 1.82) is 0 Å². The van der Waals surface area contributed by atoms with Crippen molar-refractivity contribution in [1.82, 2.24) is 15.0 Å². The highest BCUT2D eigenvalue weighted by atomic mass is 16.3. The van der Waals surface area contributed by atoms with Gasteiger partial charge in [0, 0.05) is 29.8 Å². The van der Waals surface area contributed by atoms with Crippen LogP contribution in [0.25, 0.3) is 22.3 Å². The highest BCUT2D eigenvalue weighted by Crippen LogP contribution is 2.35. The van der Waals surface area contributed by atoms with Crippen LogP contribution in [-0.4, -0.2) is 26.2 Å². The number of nitrogens with zero attached hydrogens (tertiary/aromatic N) is 3. The molecule has 0 unspecified atom stereocenters. The predicted octanol–water partition coefficient (Wildman–Crippen LogP) is 3.76. The first-order valence-corrected chi connectivity index (χ1v) is 8.99. The molecule has 2 aromatic carbocycles. The van der Waals surface area contributed by atoms with E-state index in [1.807, 2.05) is 48.5 Å². The Kier molecular flexibility index (Phi) is 3.80. The lowest BCUT2D eigenvalue weighted by molar-refractivity contribution is 0.165. The summed E-state index contributed by atoms with van der Waals surface area (Å²) in [6.07, 6.45) is 3.65. The van der Waals surface area contributed by atoms with E-state index in [0.717, 1.165) is 27.8 Å². The zero-order valence-electron chi connectivity index (χ0n) is 14.6. The highest BCUT2D eigenvalue weighted by molar-refractivity contribution is 5.90. The van der Waals surface area contributed by atoms with Gasteiger partial charge in [0.2, 0.25) is 0 Å². The van der Waals surface area contributed by atoms with Crippen LogP contribution in [0, 0.1) is 0 Å². The number of anilines is 1. The number of fused-ring (bicyclic) bond motifs is 2. The number of aliphatic hydroxyl groups is 1. The van der Waals surface area contributed by atoms with Gasteiger partial charge in [-0.3, -0.25) is 4.98 Å². The fourth-order valence-electron chi connectivity index (χ4n) is 3.71. The minimum atomic E-state index is -0.488. The molecule has 0 aliphatic heterocycles. The van der Waals surface area contributed by atoms with Gasteiger partial charge in [-0.2, -0.15) is 0 Å². The third-order valence-corrected chi connectivity index (χ3v) is 5.02. The van der Waals surface area contributed by atoms with Gasteiger partial charge in [-0.25, -0.2) is 9.97 Å². The molecule has 2 aromatic heterocycles. The number of nitrogens with one attached hydrogen (secondary N) is 1. The van der Waals surface area contributed by atoms with Crippen molar-refractivity contribution in [2.75, 3.05) is 5.32 Å². The first kappa shape index (κ1) is 15.9. The zero-order chi connectivity index (χ0) is 18.2. The van der Waals surface area contributed by atoms with E-state index in [1.54, 1.807) is 12.4 Å². The Hall–Kier alpha value is -3.31. The van der Waals surface area contributed by atoms with Crippen molar-refractivity contribution >= 4 is 16.7 Å². The van der Waals surface area contributed by atoms with Crippen LogP contribution in [0.3, 0.4) is 0 Å². The number of para-hydroxylation sites is 1. The molecule has 1 aliphatic rings. The second-order valence-corrected chi connectivity index (χ2v) is 6.75. The molecule has 132 valence electrons. The molecule has 0 saturated carbocycles. The molecular formula is C22H18N4O. The first-order valence-electron chi connectivity index (χ1n) is 8.99. The summed E-state index contributed by atoms with van der Waals surface area (Å²) in [4.78, 5) is 13.6. The average Bonchev–Trinajstić information content (AvgIpc) is 3.04. The third kappa shape index (κ3) is 2.82. The lowest BCUT2D eigenvalue weighted by atomic mass is 10.1. The topological polar surface area (TPSA) is 70.9 Å². The maximum atomic E-state index is 10.6. The fourth-order valence-corrected chi connectivity index (χ4v) is 3.71. The van der Waals surface area contributed by atoms with Crippen molar-refractivity contribution in [3.8, 4) is 11.4 Å². The van der Waals surface area contributed by atoms with Gasteiger partial charge in [0.1, 0.15) is 5.82 Å².